The Labute approximate surface area is 157 Å². The lowest BCUT2D eigenvalue weighted by Gasteiger charge is -2.27. The minimum atomic E-state index is 0.713. The van der Waals surface area contributed by atoms with Gasteiger partial charge in [-0.3, -0.25) is 0 Å². The van der Waals surface area contributed by atoms with Gasteiger partial charge in [-0.15, -0.1) is 0 Å². The van der Waals surface area contributed by atoms with Crippen molar-refractivity contribution in [1.29, 1.82) is 0 Å². The third-order valence-electron chi connectivity index (χ3n) is 4.52. The summed E-state index contributed by atoms with van der Waals surface area (Å²) in [4.78, 5) is 15.0. The summed E-state index contributed by atoms with van der Waals surface area (Å²) >= 11 is 5.95. The fourth-order valence-electron chi connectivity index (χ4n) is 3.14. The van der Waals surface area contributed by atoms with E-state index in [1.807, 2.05) is 19.1 Å². The van der Waals surface area contributed by atoms with Gasteiger partial charge in [0.25, 0.3) is 0 Å². The Kier molecular flexibility index (Phi) is 4.95. The van der Waals surface area contributed by atoms with Crippen LogP contribution in [0, 0.1) is 6.92 Å². The van der Waals surface area contributed by atoms with Gasteiger partial charge in [0, 0.05) is 30.4 Å². The number of hydrogen-bond donors (Lipinski definition) is 2. The van der Waals surface area contributed by atoms with Gasteiger partial charge >= 0.3 is 0 Å². The van der Waals surface area contributed by atoms with Gasteiger partial charge in [-0.2, -0.15) is 9.97 Å². The average Bonchev–Trinajstić information content (AvgIpc) is 3.04. The maximum atomic E-state index is 5.95. The molecule has 26 heavy (non-hydrogen) atoms. The largest absolute Gasteiger partial charge is 0.378 e. The molecule has 1 aromatic carbocycles. The van der Waals surface area contributed by atoms with E-state index in [9.17, 15) is 0 Å². The molecule has 1 aliphatic rings. The van der Waals surface area contributed by atoms with Gasteiger partial charge < -0.3 is 19.9 Å². The molecule has 0 atom stereocenters. The molecule has 0 saturated carbocycles. The van der Waals surface area contributed by atoms with E-state index in [4.69, 9.17) is 26.3 Å². The van der Waals surface area contributed by atoms with Crippen LogP contribution in [0.4, 0.5) is 11.8 Å². The number of anilines is 2. The molecule has 0 unspecified atom stereocenters. The van der Waals surface area contributed by atoms with Crippen LogP contribution in [-0.4, -0.2) is 47.8 Å². The highest BCUT2D eigenvalue weighted by molar-refractivity contribution is 6.30. The molecule has 3 aromatic rings. The summed E-state index contributed by atoms with van der Waals surface area (Å²) in [6, 6.07) is 10.0. The number of aromatic amines is 1. The zero-order valence-corrected chi connectivity index (χ0v) is 15.5. The summed E-state index contributed by atoms with van der Waals surface area (Å²) in [6.45, 7) is 5.88. The van der Waals surface area contributed by atoms with Crippen LogP contribution in [0.25, 0.3) is 11.0 Å². The molecule has 6 nitrogen and oxygen atoms in total. The quantitative estimate of drug-likeness (QED) is 0.719. The van der Waals surface area contributed by atoms with E-state index in [2.05, 4.69) is 33.4 Å². The smallest absolute Gasteiger partial charge is 0.229 e. The van der Waals surface area contributed by atoms with Crippen molar-refractivity contribution in [3.8, 4) is 0 Å². The topological polar surface area (TPSA) is 66.1 Å². The number of nitrogens with zero attached hydrogens (tertiary/aromatic N) is 3. The molecule has 1 saturated heterocycles. The Morgan fingerprint density at radius 2 is 1.96 bits per heavy atom. The van der Waals surface area contributed by atoms with E-state index >= 15 is 0 Å². The fourth-order valence-corrected chi connectivity index (χ4v) is 3.27. The van der Waals surface area contributed by atoms with Crippen LogP contribution in [0.3, 0.4) is 0 Å². The minimum Gasteiger partial charge on any atom is -0.378 e. The molecule has 3 heterocycles. The lowest BCUT2D eigenvalue weighted by atomic mass is 10.1. The number of benzene rings is 1. The number of nitrogens with one attached hydrogen (secondary N) is 2. The molecule has 1 fully saturated rings. The number of rotatable bonds is 5. The van der Waals surface area contributed by atoms with E-state index in [0.29, 0.717) is 13.2 Å². The van der Waals surface area contributed by atoms with Gasteiger partial charge in [-0.05, 0) is 37.1 Å². The average molecular weight is 372 g/mol. The first kappa shape index (κ1) is 17.1. The van der Waals surface area contributed by atoms with E-state index in [-0.39, 0.29) is 0 Å². The van der Waals surface area contributed by atoms with Crippen LogP contribution in [-0.2, 0) is 11.2 Å². The van der Waals surface area contributed by atoms with E-state index in [1.54, 1.807) is 0 Å². The van der Waals surface area contributed by atoms with Gasteiger partial charge in [0.05, 0.1) is 18.6 Å². The number of aromatic nitrogens is 3. The number of morpholine rings is 1. The predicted molar refractivity (Wildman–Crippen MR) is 105 cm³/mol. The number of H-pyrrole nitrogens is 1. The van der Waals surface area contributed by atoms with Gasteiger partial charge in [0.15, 0.2) is 0 Å². The second-order valence-corrected chi connectivity index (χ2v) is 6.93. The van der Waals surface area contributed by atoms with Crippen molar-refractivity contribution in [2.45, 2.75) is 13.3 Å². The van der Waals surface area contributed by atoms with Crippen LogP contribution >= 0.6 is 11.6 Å². The maximum Gasteiger partial charge on any atom is 0.229 e. The number of fused-ring (bicyclic) bond motifs is 1. The van der Waals surface area contributed by atoms with Crippen molar-refractivity contribution < 1.29 is 4.74 Å². The Morgan fingerprint density at radius 3 is 2.73 bits per heavy atom. The van der Waals surface area contributed by atoms with Crippen LogP contribution in [0.5, 0.6) is 0 Å². The van der Waals surface area contributed by atoms with Crippen molar-refractivity contribution in [1.82, 2.24) is 15.0 Å². The first-order chi connectivity index (χ1) is 12.7. The molecule has 0 bridgehead atoms. The molecule has 0 radical (unpaired) electrons. The van der Waals surface area contributed by atoms with E-state index < -0.39 is 0 Å². The van der Waals surface area contributed by atoms with Crippen molar-refractivity contribution in [3.05, 3.63) is 46.6 Å². The highest BCUT2D eigenvalue weighted by atomic mass is 35.5. The SMILES string of the molecule is Cc1cc2c(NCCc3ccc(Cl)cc3)nc(N3CCOCC3)nc2[nH]1. The van der Waals surface area contributed by atoms with Crippen LogP contribution < -0.4 is 10.2 Å². The molecular weight excluding hydrogens is 350 g/mol. The summed E-state index contributed by atoms with van der Waals surface area (Å²) in [7, 11) is 0. The molecule has 2 aromatic heterocycles. The van der Waals surface area contributed by atoms with Gasteiger partial charge in [-0.25, -0.2) is 0 Å². The Morgan fingerprint density at radius 1 is 1.19 bits per heavy atom. The third kappa shape index (κ3) is 3.76. The number of ether oxygens (including phenoxy) is 1. The van der Waals surface area contributed by atoms with Crippen molar-refractivity contribution in [2.24, 2.45) is 0 Å². The highest BCUT2D eigenvalue weighted by Gasteiger charge is 2.17. The summed E-state index contributed by atoms with van der Waals surface area (Å²) in [6.07, 6.45) is 0.902. The summed E-state index contributed by atoms with van der Waals surface area (Å²) in [5.41, 5.74) is 3.19. The monoisotopic (exact) mass is 371 g/mol. The predicted octanol–water partition coefficient (Wildman–Crippen LogP) is 3.41. The number of aryl methyl sites for hydroxylation is 1. The second-order valence-electron chi connectivity index (χ2n) is 6.49. The molecule has 1 aliphatic heterocycles. The molecular formula is C19H22ClN5O. The molecule has 7 heteroatoms. The number of halogens is 1. The highest BCUT2D eigenvalue weighted by Crippen LogP contribution is 2.25. The zero-order valence-electron chi connectivity index (χ0n) is 14.8. The minimum absolute atomic E-state index is 0.713. The summed E-state index contributed by atoms with van der Waals surface area (Å²) < 4.78 is 5.44. The van der Waals surface area contributed by atoms with E-state index in [1.165, 1.54) is 5.56 Å². The summed E-state index contributed by atoms with van der Waals surface area (Å²) in [5, 5.41) is 5.27. The van der Waals surface area contributed by atoms with Crippen molar-refractivity contribution in [3.63, 3.8) is 0 Å². The molecule has 4 rings (SSSR count). The van der Waals surface area contributed by atoms with Crippen molar-refractivity contribution in [2.75, 3.05) is 43.1 Å². The zero-order chi connectivity index (χ0) is 17.9. The van der Waals surface area contributed by atoms with Crippen molar-refractivity contribution >= 4 is 34.4 Å². The van der Waals surface area contributed by atoms with Crippen LogP contribution in [0.1, 0.15) is 11.3 Å². The first-order valence-corrected chi connectivity index (χ1v) is 9.25. The van der Waals surface area contributed by atoms with Gasteiger partial charge in [0.1, 0.15) is 11.5 Å². The molecule has 2 N–H and O–H groups in total. The van der Waals surface area contributed by atoms with Crippen LogP contribution in [0.15, 0.2) is 30.3 Å². The Bertz CT molecular complexity index is 887. The maximum absolute atomic E-state index is 5.95. The molecule has 0 spiro atoms. The van der Waals surface area contributed by atoms with Gasteiger partial charge in [-0.1, -0.05) is 23.7 Å². The fraction of sp³-hybridized carbons (Fsp3) is 0.368. The lowest BCUT2D eigenvalue weighted by Crippen LogP contribution is -2.37. The second kappa shape index (κ2) is 7.51. The Balaban J connectivity index is 1.54. The van der Waals surface area contributed by atoms with Gasteiger partial charge in [0.2, 0.25) is 5.95 Å². The van der Waals surface area contributed by atoms with E-state index in [0.717, 1.165) is 59.6 Å². The molecule has 0 amide bonds. The number of hydrogen-bond acceptors (Lipinski definition) is 5. The first-order valence-electron chi connectivity index (χ1n) is 8.87. The molecule has 0 aliphatic carbocycles. The van der Waals surface area contributed by atoms with Crippen LogP contribution in [0.2, 0.25) is 5.02 Å². The summed E-state index contributed by atoms with van der Waals surface area (Å²) in [5.74, 6) is 1.62. The third-order valence-corrected chi connectivity index (χ3v) is 4.78. The standard InChI is InChI=1S/C19H22ClN5O/c1-13-12-16-17(21-7-6-14-2-4-15(20)5-3-14)23-19(24-18(16)22-13)25-8-10-26-11-9-25/h2-5,12H,6-11H2,1H3,(H2,21,22,23,24). The molecule has 136 valence electrons. The lowest BCUT2D eigenvalue weighted by molar-refractivity contribution is 0.122. The normalized spacial score (nSPS) is 14.8. The Hall–Kier alpha value is -2.31.